The van der Waals surface area contributed by atoms with Crippen LogP contribution in [0.4, 0.5) is 0 Å². The molecule has 1 fully saturated rings. The highest BCUT2D eigenvalue weighted by Gasteiger charge is 2.42. The fourth-order valence-electron chi connectivity index (χ4n) is 3.48. The molecule has 0 amide bonds. The van der Waals surface area contributed by atoms with Gasteiger partial charge in [0, 0.05) is 0 Å². The monoisotopic (exact) mass is 354 g/mol. The summed E-state index contributed by atoms with van der Waals surface area (Å²) in [4.78, 5) is 0. The zero-order valence-corrected chi connectivity index (χ0v) is 17.1. The third-order valence-electron chi connectivity index (χ3n) is 5.01. The van der Waals surface area contributed by atoms with Gasteiger partial charge in [-0.15, -0.1) is 0 Å². The highest BCUT2D eigenvalue weighted by molar-refractivity contribution is 5.00. The smallest absolute Gasteiger partial charge is 0.164 e. The number of aliphatic hydroxyl groups excluding tert-OH is 1. The number of ether oxygens (including phenoxy) is 2. The molecule has 1 saturated heterocycles. The summed E-state index contributed by atoms with van der Waals surface area (Å²) in [5.74, 6) is -0.604. The number of aliphatic hydroxyl groups is 1. The van der Waals surface area contributed by atoms with Gasteiger partial charge in [0.25, 0.3) is 0 Å². The van der Waals surface area contributed by atoms with Crippen LogP contribution in [-0.4, -0.2) is 29.2 Å². The van der Waals surface area contributed by atoms with Gasteiger partial charge in [0.2, 0.25) is 0 Å². The largest absolute Gasteiger partial charge is 0.390 e. The van der Waals surface area contributed by atoms with Crippen LogP contribution in [0.3, 0.4) is 0 Å². The molecule has 0 radical (unpaired) electrons. The highest BCUT2D eigenvalue weighted by Crippen LogP contribution is 2.31. The van der Waals surface area contributed by atoms with Gasteiger partial charge in [-0.25, -0.2) is 0 Å². The third kappa shape index (κ3) is 9.77. The molecule has 0 aromatic heterocycles. The van der Waals surface area contributed by atoms with Gasteiger partial charge >= 0.3 is 0 Å². The van der Waals surface area contributed by atoms with E-state index < -0.39 is 11.9 Å². The molecule has 0 aromatic rings. The van der Waals surface area contributed by atoms with Gasteiger partial charge < -0.3 is 14.6 Å². The molecule has 1 aliphatic rings. The summed E-state index contributed by atoms with van der Waals surface area (Å²) >= 11 is 0. The first kappa shape index (κ1) is 22.7. The fraction of sp³-hybridized carbons (Fsp3) is 0.909. The second kappa shape index (κ2) is 12.9. The Balaban J connectivity index is 2.08. The summed E-state index contributed by atoms with van der Waals surface area (Å²) in [7, 11) is 0. The first-order chi connectivity index (χ1) is 12.0. The van der Waals surface area contributed by atoms with E-state index in [4.69, 9.17) is 9.47 Å². The normalized spacial score (nSPS) is 24.2. The van der Waals surface area contributed by atoms with Gasteiger partial charge in [0.1, 0.15) is 12.2 Å². The standard InChI is InChI=1S/C22H42O3/c1-5-7-8-9-10-11-12-13-14-15-16-17-18-20-21(19(23)6-2)25-22(3,4)24-20/h17-21,23H,5-16H2,1-4H3/t19-,20+,21-/m0/s1. The van der Waals surface area contributed by atoms with Gasteiger partial charge in [0.05, 0.1) is 6.10 Å². The minimum Gasteiger partial charge on any atom is -0.390 e. The predicted octanol–water partition coefficient (Wildman–Crippen LogP) is 6.14. The van der Waals surface area contributed by atoms with E-state index in [0.29, 0.717) is 6.42 Å². The van der Waals surface area contributed by atoms with Crippen LogP contribution in [0, 0.1) is 0 Å². The molecule has 25 heavy (non-hydrogen) atoms. The van der Waals surface area contributed by atoms with Crippen molar-refractivity contribution in [2.75, 3.05) is 0 Å². The highest BCUT2D eigenvalue weighted by atomic mass is 16.8. The van der Waals surface area contributed by atoms with Crippen molar-refractivity contribution in [1.29, 1.82) is 0 Å². The molecule has 3 nitrogen and oxygen atoms in total. The predicted molar refractivity (Wildman–Crippen MR) is 106 cm³/mol. The average Bonchev–Trinajstić information content (AvgIpc) is 2.90. The van der Waals surface area contributed by atoms with Crippen molar-refractivity contribution in [1.82, 2.24) is 0 Å². The lowest BCUT2D eigenvalue weighted by molar-refractivity contribution is -0.153. The lowest BCUT2D eigenvalue weighted by Gasteiger charge is -2.20. The van der Waals surface area contributed by atoms with Gasteiger partial charge in [-0.3, -0.25) is 0 Å². The molecule has 3 heteroatoms. The zero-order chi connectivity index (χ0) is 18.5. The van der Waals surface area contributed by atoms with Gasteiger partial charge in [-0.2, -0.15) is 0 Å². The molecule has 1 N–H and O–H groups in total. The van der Waals surface area contributed by atoms with Crippen molar-refractivity contribution in [3.63, 3.8) is 0 Å². The van der Waals surface area contributed by atoms with Crippen LogP contribution in [0.25, 0.3) is 0 Å². The second-order valence-corrected chi connectivity index (χ2v) is 7.94. The Morgan fingerprint density at radius 2 is 1.44 bits per heavy atom. The molecule has 1 heterocycles. The van der Waals surface area contributed by atoms with Crippen molar-refractivity contribution in [3.05, 3.63) is 12.2 Å². The van der Waals surface area contributed by atoms with Gasteiger partial charge in [0.15, 0.2) is 5.79 Å². The lowest BCUT2D eigenvalue weighted by Crippen LogP contribution is -2.34. The van der Waals surface area contributed by atoms with Crippen molar-refractivity contribution < 1.29 is 14.6 Å². The topological polar surface area (TPSA) is 38.7 Å². The molecule has 0 unspecified atom stereocenters. The van der Waals surface area contributed by atoms with E-state index in [1.807, 2.05) is 20.8 Å². The molecule has 3 atom stereocenters. The van der Waals surface area contributed by atoms with E-state index in [1.165, 1.54) is 64.2 Å². The Kier molecular flexibility index (Phi) is 11.7. The van der Waals surface area contributed by atoms with Crippen LogP contribution in [0.5, 0.6) is 0 Å². The second-order valence-electron chi connectivity index (χ2n) is 7.94. The molecular formula is C22H42O3. The van der Waals surface area contributed by atoms with Crippen LogP contribution >= 0.6 is 0 Å². The quantitative estimate of drug-likeness (QED) is 0.300. The Labute approximate surface area is 156 Å². The first-order valence-electron chi connectivity index (χ1n) is 10.7. The van der Waals surface area contributed by atoms with E-state index >= 15 is 0 Å². The molecule has 0 bridgehead atoms. The van der Waals surface area contributed by atoms with Crippen LogP contribution < -0.4 is 0 Å². The maximum absolute atomic E-state index is 10.1. The van der Waals surface area contributed by atoms with Crippen molar-refractivity contribution in [2.24, 2.45) is 0 Å². The molecule has 1 rings (SSSR count). The number of hydrogen-bond donors (Lipinski definition) is 1. The summed E-state index contributed by atoms with van der Waals surface area (Å²) in [6.45, 7) is 8.08. The van der Waals surface area contributed by atoms with Crippen molar-refractivity contribution in [2.45, 2.75) is 129 Å². The molecular weight excluding hydrogens is 312 g/mol. The minimum absolute atomic E-state index is 0.131. The number of allylic oxidation sites excluding steroid dienone is 1. The van der Waals surface area contributed by atoms with E-state index in [0.717, 1.165) is 6.42 Å². The molecule has 0 aromatic carbocycles. The molecule has 1 aliphatic heterocycles. The number of unbranched alkanes of at least 4 members (excludes halogenated alkanes) is 10. The maximum atomic E-state index is 10.1. The van der Waals surface area contributed by atoms with Crippen LogP contribution in [0.1, 0.15) is 105 Å². The van der Waals surface area contributed by atoms with Crippen LogP contribution in [0.15, 0.2) is 12.2 Å². The Bertz CT molecular complexity index is 351. The van der Waals surface area contributed by atoms with Crippen molar-refractivity contribution >= 4 is 0 Å². The van der Waals surface area contributed by atoms with Crippen molar-refractivity contribution in [3.8, 4) is 0 Å². The van der Waals surface area contributed by atoms with E-state index in [9.17, 15) is 5.11 Å². The molecule has 0 saturated carbocycles. The SMILES string of the molecule is CCCCCCCCCCCCC=C[C@H]1OC(C)(C)O[C@H]1[C@@H](O)CC. The van der Waals surface area contributed by atoms with E-state index in [-0.39, 0.29) is 12.2 Å². The average molecular weight is 355 g/mol. The van der Waals surface area contributed by atoms with Gasteiger partial charge in [-0.05, 0) is 33.1 Å². The summed E-state index contributed by atoms with van der Waals surface area (Å²) in [5, 5.41) is 10.1. The minimum atomic E-state index is -0.604. The lowest BCUT2D eigenvalue weighted by atomic mass is 10.0. The first-order valence-corrected chi connectivity index (χ1v) is 10.7. The number of hydrogen-bond acceptors (Lipinski definition) is 3. The van der Waals surface area contributed by atoms with Crippen LogP contribution in [-0.2, 0) is 9.47 Å². The molecule has 148 valence electrons. The maximum Gasteiger partial charge on any atom is 0.164 e. The van der Waals surface area contributed by atoms with E-state index in [2.05, 4.69) is 19.1 Å². The summed E-state index contributed by atoms with van der Waals surface area (Å²) in [6, 6.07) is 0. The third-order valence-corrected chi connectivity index (χ3v) is 5.01. The Morgan fingerprint density at radius 1 is 0.880 bits per heavy atom. The fourth-order valence-corrected chi connectivity index (χ4v) is 3.48. The zero-order valence-electron chi connectivity index (χ0n) is 17.1. The molecule has 0 aliphatic carbocycles. The summed E-state index contributed by atoms with van der Waals surface area (Å²) in [5.41, 5.74) is 0. The Morgan fingerprint density at radius 3 is 2.00 bits per heavy atom. The van der Waals surface area contributed by atoms with Crippen LogP contribution in [0.2, 0.25) is 0 Å². The Hall–Kier alpha value is -0.380. The summed E-state index contributed by atoms with van der Waals surface area (Å²) in [6.07, 6.45) is 18.9. The summed E-state index contributed by atoms with van der Waals surface area (Å²) < 4.78 is 11.8. The van der Waals surface area contributed by atoms with Gasteiger partial charge in [-0.1, -0.05) is 83.8 Å². The number of rotatable bonds is 14. The van der Waals surface area contributed by atoms with E-state index in [1.54, 1.807) is 0 Å². The molecule has 0 spiro atoms.